The normalized spacial score (nSPS) is 15.5. The van der Waals surface area contributed by atoms with Crippen LogP contribution in [0.5, 0.6) is 0 Å². The van der Waals surface area contributed by atoms with Crippen molar-refractivity contribution in [3.8, 4) is 11.1 Å². The molecule has 7 heteroatoms. The summed E-state index contributed by atoms with van der Waals surface area (Å²) < 4.78 is 1.89. The zero-order valence-corrected chi connectivity index (χ0v) is 18.4. The van der Waals surface area contributed by atoms with Gasteiger partial charge in [0.2, 0.25) is 0 Å². The Balaban J connectivity index is 1.28. The van der Waals surface area contributed by atoms with Crippen LogP contribution in [-0.2, 0) is 6.54 Å². The second kappa shape index (κ2) is 8.50. The molecule has 0 amide bonds. The van der Waals surface area contributed by atoms with Gasteiger partial charge >= 0.3 is 5.69 Å². The van der Waals surface area contributed by atoms with Crippen molar-refractivity contribution in [2.75, 3.05) is 13.1 Å². The van der Waals surface area contributed by atoms with Crippen LogP contribution in [0.2, 0.25) is 10.0 Å². The Morgan fingerprint density at radius 3 is 2.45 bits per heavy atom. The lowest BCUT2D eigenvalue weighted by Crippen LogP contribution is -2.36. The zero-order chi connectivity index (χ0) is 21.4. The minimum atomic E-state index is -0.0620. The van der Waals surface area contributed by atoms with Crippen LogP contribution in [0.1, 0.15) is 24.6 Å². The fourth-order valence-corrected chi connectivity index (χ4v) is 4.72. The second-order valence-corrected chi connectivity index (χ2v) is 8.88. The highest BCUT2D eigenvalue weighted by molar-refractivity contribution is 6.31. The number of hydrogen-bond acceptors (Lipinski definition) is 3. The Morgan fingerprint density at radius 2 is 1.68 bits per heavy atom. The number of nitrogens with zero attached hydrogens (tertiary/aromatic N) is 3. The maximum Gasteiger partial charge on any atom is 0.326 e. The molecule has 5 nitrogen and oxygen atoms in total. The predicted octanol–water partition coefficient (Wildman–Crippen LogP) is 5.54. The lowest BCUT2D eigenvalue weighted by atomic mass is 10.0. The van der Waals surface area contributed by atoms with E-state index in [0.717, 1.165) is 65.4 Å². The molecule has 1 aliphatic heterocycles. The first kappa shape index (κ1) is 20.3. The molecule has 0 aliphatic carbocycles. The minimum absolute atomic E-state index is 0.0620. The van der Waals surface area contributed by atoms with Crippen molar-refractivity contribution in [3.05, 3.63) is 87.0 Å². The highest BCUT2D eigenvalue weighted by atomic mass is 35.5. The third-order valence-electron chi connectivity index (χ3n) is 5.98. The van der Waals surface area contributed by atoms with E-state index in [9.17, 15) is 4.79 Å². The third kappa shape index (κ3) is 4.26. The fraction of sp³-hybridized carbons (Fsp3) is 0.250. The van der Waals surface area contributed by atoms with Crippen LogP contribution >= 0.6 is 23.2 Å². The maximum atomic E-state index is 12.5. The van der Waals surface area contributed by atoms with Crippen LogP contribution in [0.15, 0.2) is 65.6 Å². The van der Waals surface area contributed by atoms with E-state index in [1.165, 1.54) is 0 Å². The summed E-state index contributed by atoms with van der Waals surface area (Å²) in [5, 5.41) is 1.36. The quantitative estimate of drug-likeness (QED) is 0.442. The number of likely N-dealkylation sites (tertiary alicyclic amines) is 1. The highest BCUT2D eigenvalue weighted by Gasteiger charge is 2.24. The Hall–Kier alpha value is -2.60. The number of aromatic amines is 1. The van der Waals surface area contributed by atoms with Crippen LogP contribution in [0.25, 0.3) is 22.2 Å². The summed E-state index contributed by atoms with van der Waals surface area (Å²) in [4.78, 5) is 22.5. The van der Waals surface area contributed by atoms with Gasteiger partial charge in [-0.05, 0) is 66.4 Å². The molecule has 0 radical (unpaired) electrons. The summed E-state index contributed by atoms with van der Waals surface area (Å²) in [6.45, 7) is 2.64. The van der Waals surface area contributed by atoms with Crippen molar-refractivity contribution in [2.45, 2.75) is 25.4 Å². The molecule has 1 fully saturated rings. The standard InChI is InChI=1S/C24H22Cl2N4O/c25-18-3-1-16(2-4-18)17-7-10-27-20(13-17)15-29-11-8-21(9-12-29)30-23-6-5-19(26)14-22(23)28-24(30)31/h1-7,10,13-14,21H,8-9,11-12,15H2,(H,28,31). The number of imidazole rings is 1. The van der Waals surface area contributed by atoms with Crippen molar-refractivity contribution in [1.82, 2.24) is 19.4 Å². The predicted molar refractivity (Wildman–Crippen MR) is 126 cm³/mol. The molecule has 3 heterocycles. The summed E-state index contributed by atoms with van der Waals surface area (Å²) in [7, 11) is 0. The van der Waals surface area contributed by atoms with E-state index in [4.69, 9.17) is 23.2 Å². The first-order valence-electron chi connectivity index (χ1n) is 10.4. The number of nitrogens with one attached hydrogen (secondary N) is 1. The van der Waals surface area contributed by atoms with E-state index < -0.39 is 0 Å². The van der Waals surface area contributed by atoms with Crippen molar-refractivity contribution in [2.24, 2.45) is 0 Å². The summed E-state index contributed by atoms with van der Waals surface area (Å²) in [5.41, 5.74) is 4.97. The van der Waals surface area contributed by atoms with Crippen molar-refractivity contribution in [1.29, 1.82) is 0 Å². The number of fused-ring (bicyclic) bond motifs is 1. The minimum Gasteiger partial charge on any atom is -0.305 e. The van der Waals surface area contributed by atoms with Crippen LogP contribution in [0.4, 0.5) is 0 Å². The lowest BCUT2D eigenvalue weighted by Gasteiger charge is -2.32. The van der Waals surface area contributed by atoms with Crippen LogP contribution in [0.3, 0.4) is 0 Å². The number of pyridine rings is 1. The number of piperidine rings is 1. The van der Waals surface area contributed by atoms with Gasteiger partial charge in [-0.1, -0.05) is 35.3 Å². The van der Waals surface area contributed by atoms with Gasteiger partial charge in [-0.3, -0.25) is 14.5 Å². The molecule has 1 N–H and O–H groups in total. The molecule has 158 valence electrons. The van der Waals surface area contributed by atoms with Crippen molar-refractivity contribution < 1.29 is 0 Å². The number of rotatable bonds is 4. The van der Waals surface area contributed by atoms with Crippen molar-refractivity contribution >= 4 is 34.2 Å². The first-order valence-corrected chi connectivity index (χ1v) is 11.2. The molecule has 0 saturated carbocycles. The highest BCUT2D eigenvalue weighted by Crippen LogP contribution is 2.27. The largest absolute Gasteiger partial charge is 0.326 e. The Kier molecular flexibility index (Phi) is 5.57. The molecule has 31 heavy (non-hydrogen) atoms. The SMILES string of the molecule is O=c1[nH]c2cc(Cl)ccc2n1C1CCN(Cc2cc(-c3ccc(Cl)cc3)ccn2)CC1. The number of hydrogen-bond donors (Lipinski definition) is 1. The smallest absolute Gasteiger partial charge is 0.305 e. The molecule has 0 unspecified atom stereocenters. The van der Waals surface area contributed by atoms with E-state index in [-0.39, 0.29) is 11.7 Å². The van der Waals surface area contributed by atoms with Gasteiger partial charge in [-0.2, -0.15) is 0 Å². The number of H-pyrrole nitrogens is 1. The molecular weight excluding hydrogens is 431 g/mol. The molecule has 2 aromatic heterocycles. The van der Waals surface area contributed by atoms with Gasteiger partial charge in [0.05, 0.1) is 16.7 Å². The first-order chi connectivity index (χ1) is 15.1. The molecule has 0 bridgehead atoms. The van der Waals surface area contributed by atoms with E-state index in [1.54, 1.807) is 0 Å². The van der Waals surface area contributed by atoms with Gasteiger partial charge in [0.25, 0.3) is 0 Å². The molecule has 0 spiro atoms. The van der Waals surface area contributed by atoms with Gasteiger partial charge < -0.3 is 4.98 Å². The molecule has 5 rings (SSSR count). The second-order valence-electron chi connectivity index (χ2n) is 8.01. The maximum absolute atomic E-state index is 12.5. The van der Waals surface area contributed by atoms with Gasteiger partial charge in [0.1, 0.15) is 0 Å². The Bertz CT molecular complexity index is 1270. The fourth-order valence-electron chi connectivity index (χ4n) is 4.42. The summed E-state index contributed by atoms with van der Waals surface area (Å²) in [6, 6.07) is 17.8. The monoisotopic (exact) mass is 452 g/mol. The number of benzene rings is 2. The molecule has 1 aliphatic rings. The number of aromatic nitrogens is 3. The van der Waals surface area contributed by atoms with Crippen LogP contribution in [0, 0.1) is 0 Å². The van der Waals surface area contributed by atoms with Gasteiger partial charge in [0, 0.05) is 41.9 Å². The average molecular weight is 453 g/mol. The summed E-state index contributed by atoms with van der Waals surface area (Å²) in [5.74, 6) is 0. The Labute approximate surface area is 190 Å². The van der Waals surface area contributed by atoms with Crippen LogP contribution < -0.4 is 5.69 Å². The van der Waals surface area contributed by atoms with Gasteiger partial charge in [0.15, 0.2) is 0 Å². The number of halogens is 2. The van der Waals surface area contributed by atoms with E-state index in [1.807, 2.05) is 59.3 Å². The molecule has 2 aromatic carbocycles. The topological polar surface area (TPSA) is 53.9 Å². The average Bonchev–Trinajstić information content (AvgIpc) is 3.10. The lowest BCUT2D eigenvalue weighted by molar-refractivity contribution is 0.178. The zero-order valence-electron chi connectivity index (χ0n) is 16.9. The van der Waals surface area contributed by atoms with E-state index in [0.29, 0.717) is 5.02 Å². The molecule has 1 saturated heterocycles. The van der Waals surface area contributed by atoms with Crippen molar-refractivity contribution in [3.63, 3.8) is 0 Å². The molecule has 4 aromatic rings. The third-order valence-corrected chi connectivity index (χ3v) is 6.47. The summed E-state index contributed by atoms with van der Waals surface area (Å²) >= 11 is 12.1. The van der Waals surface area contributed by atoms with E-state index >= 15 is 0 Å². The van der Waals surface area contributed by atoms with Gasteiger partial charge in [-0.15, -0.1) is 0 Å². The Morgan fingerprint density at radius 1 is 0.935 bits per heavy atom. The molecule has 0 atom stereocenters. The summed E-state index contributed by atoms with van der Waals surface area (Å²) in [6.07, 6.45) is 3.71. The molecular formula is C24H22Cl2N4O. The van der Waals surface area contributed by atoms with Crippen LogP contribution in [-0.4, -0.2) is 32.5 Å². The van der Waals surface area contributed by atoms with E-state index in [2.05, 4.69) is 20.9 Å². The van der Waals surface area contributed by atoms with Gasteiger partial charge in [-0.25, -0.2) is 4.79 Å².